The van der Waals surface area contributed by atoms with Crippen molar-refractivity contribution in [3.05, 3.63) is 23.4 Å². The first kappa shape index (κ1) is 17.9. The Kier molecular flexibility index (Phi) is 6.51. The van der Waals surface area contributed by atoms with Crippen LogP contribution >= 0.6 is 12.4 Å². The molecule has 1 atom stereocenters. The molecule has 0 spiro atoms. The standard InChI is InChI=1S/C11H14F4N2O.ClH/c1-6-3-8(7(2)16)4-17-9(6)18-5-11(14,15)10(12)13;/h3-4,7,10H,5,16H2,1-2H3;1H. The molecule has 0 aliphatic rings. The summed E-state index contributed by atoms with van der Waals surface area (Å²) in [5.41, 5.74) is 6.79. The molecule has 110 valence electrons. The second-order valence-electron chi connectivity index (χ2n) is 4.03. The van der Waals surface area contributed by atoms with Crippen molar-refractivity contribution in [3.8, 4) is 5.88 Å². The Hall–Kier alpha value is -1.08. The van der Waals surface area contributed by atoms with Crippen molar-refractivity contribution >= 4 is 12.4 Å². The third-order valence-electron chi connectivity index (χ3n) is 2.30. The van der Waals surface area contributed by atoms with Crippen LogP contribution in [0.25, 0.3) is 0 Å². The van der Waals surface area contributed by atoms with Crippen molar-refractivity contribution in [2.75, 3.05) is 6.61 Å². The van der Waals surface area contributed by atoms with E-state index >= 15 is 0 Å². The highest BCUT2D eigenvalue weighted by Crippen LogP contribution is 2.25. The second kappa shape index (κ2) is 6.91. The average Bonchev–Trinajstić information content (AvgIpc) is 2.26. The van der Waals surface area contributed by atoms with E-state index < -0.39 is 19.0 Å². The number of rotatable bonds is 5. The van der Waals surface area contributed by atoms with E-state index in [9.17, 15) is 17.6 Å². The molecule has 0 bridgehead atoms. The largest absolute Gasteiger partial charge is 0.471 e. The molecule has 1 heterocycles. The zero-order chi connectivity index (χ0) is 13.9. The normalized spacial score (nSPS) is 13.1. The van der Waals surface area contributed by atoms with Crippen LogP contribution in [0.4, 0.5) is 17.6 Å². The number of hydrogen-bond acceptors (Lipinski definition) is 3. The lowest BCUT2D eigenvalue weighted by atomic mass is 10.1. The maximum atomic E-state index is 12.6. The molecule has 1 rings (SSSR count). The van der Waals surface area contributed by atoms with Crippen LogP contribution in [0.5, 0.6) is 5.88 Å². The van der Waals surface area contributed by atoms with Gasteiger partial charge < -0.3 is 10.5 Å². The van der Waals surface area contributed by atoms with Gasteiger partial charge in [0.15, 0.2) is 6.61 Å². The minimum Gasteiger partial charge on any atom is -0.471 e. The summed E-state index contributed by atoms with van der Waals surface area (Å²) in [5.74, 6) is -4.28. The molecule has 2 N–H and O–H groups in total. The number of halogens is 5. The second-order valence-corrected chi connectivity index (χ2v) is 4.03. The minimum absolute atomic E-state index is 0. The molecule has 0 radical (unpaired) electrons. The monoisotopic (exact) mass is 302 g/mol. The van der Waals surface area contributed by atoms with Gasteiger partial charge in [-0.15, -0.1) is 12.4 Å². The molecule has 0 saturated heterocycles. The summed E-state index contributed by atoms with van der Waals surface area (Å²) in [4.78, 5) is 3.78. The van der Waals surface area contributed by atoms with Crippen LogP contribution in [0.3, 0.4) is 0 Å². The van der Waals surface area contributed by atoms with Gasteiger partial charge in [0, 0.05) is 17.8 Å². The average molecular weight is 303 g/mol. The summed E-state index contributed by atoms with van der Waals surface area (Å²) in [6.45, 7) is 1.91. The van der Waals surface area contributed by atoms with Gasteiger partial charge in [-0.1, -0.05) is 0 Å². The molecule has 0 fully saturated rings. The van der Waals surface area contributed by atoms with Gasteiger partial charge in [0.2, 0.25) is 5.88 Å². The van der Waals surface area contributed by atoms with E-state index in [4.69, 9.17) is 5.73 Å². The zero-order valence-corrected chi connectivity index (χ0v) is 11.2. The van der Waals surface area contributed by atoms with Gasteiger partial charge in [0.1, 0.15) is 0 Å². The zero-order valence-electron chi connectivity index (χ0n) is 10.4. The summed E-state index contributed by atoms with van der Waals surface area (Å²) in [5, 5.41) is 0. The quantitative estimate of drug-likeness (QED) is 0.850. The lowest BCUT2D eigenvalue weighted by Crippen LogP contribution is -2.34. The number of nitrogens with two attached hydrogens (primary N) is 1. The Labute approximate surface area is 114 Å². The number of pyridine rings is 1. The van der Waals surface area contributed by atoms with Gasteiger partial charge >= 0.3 is 12.3 Å². The van der Waals surface area contributed by atoms with Crippen LogP contribution in [0.15, 0.2) is 12.3 Å². The molecular formula is C11H15ClF4N2O. The molecular weight excluding hydrogens is 288 g/mol. The van der Waals surface area contributed by atoms with Crippen LogP contribution in [-0.2, 0) is 0 Å². The number of alkyl halides is 4. The first-order valence-corrected chi connectivity index (χ1v) is 5.25. The highest BCUT2D eigenvalue weighted by molar-refractivity contribution is 5.85. The molecule has 1 unspecified atom stereocenters. The van der Waals surface area contributed by atoms with Crippen molar-refractivity contribution in [2.24, 2.45) is 5.73 Å². The summed E-state index contributed by atoms with van der Waals surface area (Å²) in [7, 11) is 0. The molecule has 0 saturated carbocycles. The summed E-state index contributed by atoms with van der Waals surface area (Å²) < 4.78 is 53.8. The third-order valence-corrected chi connectivity index (χ3v) is 2.30. The number of nitrogens with zero attached hydrogens (tertiary/aromatic N) is 1. The Morgan fingerprint density at radius 3 is 2.42 bits per heavy atom. The third kappa shape index (κ3) is 4.83. The van der Waals surface area contributed by atoms with Crippen LogP contribution in [0.2, 0.25) is 0 Å². The van der Waals surface area contributed by atoms with Crippen molar-refractivity contribution in [3.63, 3.8) is 0 Å². The molecule has 1 aromatic rings. The van der Waals surface area contributed by atoms with Crippen molar-refractivity contribution in [1.29, 1.82) is 0 Å². The maximum absolute atomic E-state index is 12.6. The highest BCUT2D eigenvalue weighted by Gasteiger charge is 2.41. The number of ether oxygens (including phenoxy) is 1. The first-order chi connectivity index (χ1) is 8.24. The van der Waals surface area contributed by atoms with E-state index in [0.29, 0.717) is 11.1 Å². The van der Waals surface area contributed by atoms with Crippen LogP contribution in [0, 0.1) is 6.92 Å². The van der Waals surface area contributed by atoms with Crippen LogP contribution < -0.4 is 10.5 Å². The van der Waals surface area contributed by atoms with Crippen molar-refractivity contribution in [1.82, 2.24) is 4.98 Å². The van der Waals surface area contributed by atoms with Crippen molar-refractivity contribution in [2.45, 2.75) is 32.2 Å². The first-order valence-electron chi connectivity index (χ1n) is 5.25. The van der Waals surface area contributed by atoms with Crippen LogP contribution in [-0.4, -0.2) is 23.9 Å². The Bertz CT molecular complexity index is 416. The Morgan fingerprint density at radius 1 is 1.42 bits per heavy atom. The predicted octanol–water partition coefficient (Wildman–Crippen LogP) is 3.11. The maximum Gasteiger partial charge on any atom is 0.340 e. The Morgan fingerprint density at radius 2 is 2.00 bits per heavy atom. The van der Waals surface area contributed by atoms with Gasteiger partial charge in [-0.3, -0.25) is 0 Å². The fourth-order valence-corrected chi connectivity index (χ4v) is 1.21. The van der Waals surface area contributed by atoms with Gasteiger partial charge in [0.25, 0.3) is 0 Å². The molecule has 0 aromatic carbocycles. The lowest BCUT2D eigenvalue weighted by Gasteiger charge is -2.17. The van der Waals surface area contributed by atoms with Gasteiger partial charge in [-0.25, -0.2) is 13.8 Å². The molecule has 0 aliphatic carbocycles. The fourth-order valence-electron chi connectivity index (χ4n) is 1.21. The van der Waals surface area contributed by atoms with Gasteiger partial charge in [0.05, 0.1) is 0 Å². The number of aryl methyl sites for hydroxylation is 1. The van der Waals surface area contributed by atoms with Crippen LogP contribution in [0.1, 0.15) is 24.1 Å². The summed E-state index contributed by atoms with van der Waals surface area (Å²) >= 11 is 0. The van der Waals surface area contributed by atoms with E-state index in [0.717, 1.165) is 0 Å². The van der Waals surface area contributed by atoms with E-state index in [-0.39, 0.29) is 24.3 Å². The SMILES string of the molecule is Cc1cc(C(C)N)cnc1OCC(F)(F)C(F)F.Cl. The molecule has 8 heteroatoms. The fraction of sp³-hybridized carbons (Fsp3) is 0.545. The van der Waals surface area contributed by atoms with E-state index in [2.05, 4.69) is 9.72 Å². The molecule has 0 amide bonds. The lowest BCUT2D eigenvalue weighted by molar-refractivity contribution is -0.148. The Balaban J connectivity index is 0.00000324. The highest BCUT2D eigenvalue weighted by atomic mass is 35.5. The summed E-state index contributed by atoms with van der Waals surface area (Å²) in [6, 6.07) is 1.36. The molecule has 19 heavy (non-hydrogen) atoms. The molecule has 1 aromatic heterocycles. The van der Waals surface area contributed by atoms with Crippen molar-refractivity contribution < 1.29 is 22.3 Å². The smallest absolute Gasteiger partial charge is 0.340 e. The van der Waals surface area contributed by atoms with E-state index in [1.807, 2.05) is 0 Å². The molecule has 3 nitrogen and oxygen atoms in total. The van der Waals surface area contributed by atoms with E-state index in [1.54, 1.807) is 19.9 Å². The topological polar surface area (TPSA) is 48.1 Å². The minimum atomic E-state index is -4.19. The number of hydrogen-bond donors (Lipinski definition) is 1. The van der Waals surface area contributed by atoms with E-state index in [1.165, 1.54) is 6.20 Å². The predicted molar refractivity (Wildman–Crippen MR) is 65.3 cm³/mol. The number of aromatic nitrogens is 1. The summed E-state index contributed by atoms with van der Waals surface area (Å²) in [6.07, 6.45) is -2.39. The van der Waals surface area contributed by atoms with Gasteiger partial charge in [-0.2, -0.15) is 8.78 Å². The van der Waals surface area contributed by atoms with Gasteiger partial charge in [-0.05, 0) is 25.5 Å². The molecule has 0 aliphatic heterocycles.